The summed E-state index contributed by atoms with van der Waals surface area (Å²) in [7, 11) is 0. The lowest BCUT2D eigenvalue weighted by Gasteiger charge is -2.26. The van der Waals surface area contributed by atoms with E-state index in [1.54, 1.807) is 24.3 Å². The summed E-state index contributed by atoms with van der Waals surface area (Å²) < 4.78 is 0. The van der Waals surface area contributed by atoms with E-state index < -0.39 is 5.60 Å². The van der Waals surface area contributed by atoms with Crippen molar-refractivity contribution in [1.29, 1.82) is 0 Å². The Hall–Kier alpha value is -1.68. The largest absolute Gasteiger partial charge is 0.388 e. The summed E-state index contributed by atoms with van der Waals surface area (Å²) in [5.41, 5.74) is 0.284. The third-order valence-electron chi connectivity index (χ3n) is 3.92. The Morgan fingerprint density at radius 1 is 1.15 bits per heavy atom. The summed E-state index contributed by atoms with van der Waals surface area (Å²) in [5, 5.41) is 13.3. The van der Waals surface area contributed by atoms with E-state index in [0.29, 0.717) is 17.7 Å². The standard InChI is InChI=1S/C16H21NO3/c18-11-13-5-7-14(8-6-13)15(19)17-12-16(20)9-3-1-2-4-10-16/h5-8,11,20H,1-4,9-10,12H2,(H,17,19). The summed E-state index contributed by atoms with van der Waals surface area (Å²) >= 11 is 0. The molecular formula is C16H21NO3. The summed E-state index contributed by atoms with van der Waals surface area (Å²) in [4.78, 5) is 22.6. The average Bonchev–Trinajstić information content (AvgIpc) is 2.70. The smallest absolute Gasteiger partial charge is 0.251 e. The minimum absolute atomic E-state index is 0.208. The molecule has 0 aromatic heterocycles. The van der Waals surface area contributed by atoms with Crippen LogP contribution in [0.3, 0.4) is 0 Å². The lowest BCUT2D eigenvalue weighted by atomic mass is 9.94. The maximum Gasteiger partial charge on any atom is 0.251 e. The Bertz CT molecular complexity index is 459. The molecule has 1 fully saturated rings. The van der Waals surface area contributed by atoms with Gasteiger partial charge in [-0.05, 0) is 25.0 Å². The molecule has 1 amide bonds. The summed E-state index contributed by atoms with van der Waals surface area (Å²) in [6.07, 6.45) is 6.58. The van der Waals surface area contributed by atoms with Gasteiger partial charge in [0.1, 0.15) is 6.29 Å². The Labute approximate surface area is 119 Å². The number of carbonyl (C=O) groups excluding carboxylic acids is 2. The van der Waals surface area contributed by atoms with Crippen molar-refractivity contribution < 1.29 is 14.7 Å². The lowest BCUT2D eigenvalue weighted by Crippen LogP contribution is -2.42. The molecule has 0 radical (unpaired) electrons. The molecular weight excluding hydrogens is 254 g/mol. The molecule has 1 aliphatic rings. The topological polar surface area (TPSA) is 66.4 Å². The highest BCUT2D eigenvalue weighted by molar-refractivity contribution is 5.94. The zero-order chi connectivity index (χ0) is 14.4. The monoisotopic (exact) mass is 275 g/mol. The van der Waals surface area contributed by atoms with Crippen LogP contribution in [0.5, 0.6) is 0 Å². The summed E-state index contributed by atoms with van der Waals surface area (Å²) in [6, 6.07) is 6.47. The Kier molecular flexibility index (Phi) is 4.90. The number of carbonyl (C=O) groups is 2. The van der Waals surface area contributed by atoms with E-state index in [1.165, 1.54) is 0 Å². The van der Waals surface area contributed by atoms with Crippen molar-refractivity contribution in [2.75, 3.05) is 6.54 Å². The first-order chi connectivity index (χ1) is 9.63. The molecule has 1 aromatic carbocycles. The van der Waals surface area contributed by atoms with Crippen LogP contribution in [0.1, 0.15) is 59.2 Å². The first kappa shape index (κ1) is 14.7. The van der Waals surface area contributed by atoms with E-state index in [9.17, 15) is 14.7 Å². The van der Waals surface area contributed by atoms with E-state index >= 15 is 0 Å². The van der Waals surface area contributed by atoms with Crippen LogP contribution in [0.25, 0.3) is 0 Å². The quantitative estimate of drug-likeness (QED) is 0.654. The van der Waals surface area contributed by atoms with Gasteiger partial charge in [0.05, 0.1) is 5.60 Å². The van der Waals surface area contributed by atoms with Crippen molar-refractivity contribution >= 4 is 12.2 Å². The average molecular weight is 275 g/mol. The van der Waals surface area contributed by atoms with E-state index in [0.717, 1.165) is 44.8 Å². The first-order valence-electron chi connectivity index (χ1n) is 7.19. The van der Waals surface area contributed by atoms with Gasteiger partial charge in [-0.3, -0.25) is 9.59 Å². The number of hydrogen-bond donors (Lipinski definition) is 2. The highest BCUT2D eigenvalue weighted by Gasteiger charge is 2.28. The molecule has 0 spiro atoms. The molecule has 0 heterocycles. The van der Waals surface area contributed by atoms with Gasteiger partial charge in [-0.1, -0.05) is 37.8 Å². The predicted molar refractivity (Wildman–Crippen MR) is 76.8 cm³/mol. The van der Waals surface area contributed by atoms with Crippen LogP contribution >= 0.6 is 0 Å². The Morgan fingerprint density at radius 3 is 2.30 bits per heavy atom. The number of benzene rings is 1. The van der Waals surface area contributed by atoms with Crippen LogP contribution < -0.4 is 5.32 Å². The van der Waals surface area contributed by atoms with Gasteiger partial charge in [-0.2, -0.15) is 0 Å². The van der Waals surface area contributed by atoms with Crippen LogP contribution in [-0.2, 0) is 0 Å². The second kappa shape index (κ2) is 6.66. The number of nitrogens with one attached hydrogen (secondary N) is 1. The SMILES string of the molecule is O=Cc1ccc(C(=O)NCC2(O)CCCCCC2)cc1. The highest BCUT2D eigenvalue weighted by atomic mass is 16.3. The van der Waals surface area contributed by atoms with E-state index in [-0.39, 0.29) is 5.91 Å². The zero-order valence-corrected chi connectivity index (χ0v) is 11.6. The molecule has 1 aliphatic carbocycles. The van der Waals surface area contributed by atoms with Crippen molar-refractivity contribution in [3.63, 3.8) is 0 Å². The lowest BCUT2D eigenvalue weighted by molar-refractivity contribution is 0.0246. The van der Waals surface area contributed by atoms with Crippen LogP contribution in [0, 0.1) is 0 Å². The van der Waals surface area contributed by atoms with Gasteiger partial charge in [0.25, 0.3) is 5.91 Å². The number of rotatable bonds is 4. The van der Waals surface area contributed by atoms with Gasteiger partial charge in [0.15, 0.2) is 0 Å². The number of aliphatic hydroxyl groups is 1. The van der Waals surface area contributed by atoms with Gasteiger partial charge in [-0.25, -0.2) is 0 Å². The highest BCUT2D eigenvalue weighted by Crippen LogP contribution is 2.26. The molecule has 108 valence electrons. The van der Waals surface area contributed by atoms with Crippen LogP contribution in [-0.4, -0.2) is 29.4 Å². The third kappa shape index (κ3) is 3.90. The molecule has 0 saturated heterocycles. The van der Waals surface area contributed by atoms with Gasteiger partial charge in [0.2, 0.25) is 0 Å². The molecule has 1 saturated carbocycles. The molecule has 0 aliphatic heterocycles. The minimum atomic E-state index is -0.769. The Balaban J connectivity index is 1.91. The summed E-state index contributed by atoms with van der Waals surface area (Å²) in [5.74, 6) is -0.208. The molecule has 4 nitrogen and oxygen atoms in total. The molecule has 0 atom stereocenters. The molecule has 20 heavy (non-hydrogen) atoms. The van der Waals surface area contributed by atoms with Crippen molar-refractivity contribution in [2.45, 2.75) is 44.1 Å². The number of aldehydes is 1. The molecule has 0 unspecified atom stereocenters. The van der Waals surface area contributed by atoms with E-state index in [2.05, 4.69) is 5.32 Å². The van der Waals surface area contributed by atoms with Crippen LogP contribution in [0.15, 0.2) is 24.3 Å². The van der Waals surface area contributed by atoms with Crippen molar-refractivity contribution in [3.8, 4) is 0 Å². The van der Waals surface area contributed by atoms with E-state index in [4.69, 9.17) is 0 Å². The normalized spacial score (nSPS) is 18.1. The maximum atomic E-state index is 12.0. The van der Waals surface area contributed by atoms with Gasteiger partial charge >= 0.3 is 0 Å². The molecule has 4 heteroatoms. The molecule has 0 bridgehead atoms. The minimum Gasteiger partial charge on any atom is -0.388 e. The second-order valence-corrected chi connectivity index (χ2v) is 5.56. The maximum absolute atomic E-state index is 12.0. The van der Waals surface area contributed by atoms with Crippen molar-refractivity contribution in [1.82, 2.24) is 5.32 Å². The summed E-state index contributed by atoms with van der Waals surface area (Å²) in [6.45, 7) is 0.293. The fraction of sp³-hybridized carbons (Fsp3) is 0.500. The molecule has 2 rings (SSSR count). The third-order valence-corrected chi connectivity index (χ3v) is 3.92. The van der Waals surface area contributed by atoms with Gasteiger partial charge < -0.3 is 10.4 Å². The van der Waals surface area contributed by atoms with Crippen LogP contribution in [0.2, 0.25) is 0 Å². The first-order valence-corrected chi connectivity index (χ1v) is 7.19. The Morgan fingerprint density at radius 2 is 1.75 bits per heavy atom. The molecule has 2 N–H and O–H groups in total. The van der Waals surface area contributed by atoms with Crippen LogP contribution in [0.4, 0.5) is 0 Å². The fourth-order valence-corrected chi connectivity index (χ4v) is 2.62. The fourth-order valence-electron chi connectivity index (χ4n) is 2.62. The van der Waals surface area contributed by atoms with Gasteiger partial charge in [0, 0.05) is 17.7 Å². The van der Waals surface area contributed by atoms with E-state index in [1.807, 2.05) is 0 Å². The zero-order valence-electron chi connectivity index (χ0n) is 11.6. The van der Waals surface area contributed by atoms with Crippen molar-refractivity contribution in [2.24, 2.45) is 0 Å². The van der Waals surface area contributed by atoms with Crippen molar-refractivity contribution in [3.05, 3.63) is 35.4 Å². The number of amides is 1. The number of hydrogen-bond acceptors (Lipinski definition) is 3. The predicted octanol–water partition coefficient (Wildman–Crippen LogP) is 2.31. The van der Waals surface area contributed by atoms with Gasteiger partial charge in [-0.15, -0.1) is 0 Å². The second-order valence-electron chi connectivity index (χ2n) is 5.56. The molecule has 1 aromatic rings.